The second-order valence-electron chi connectivity index (χ2n) is 7.56. The summed E-state index contributed by atoms with van der Waals surface area (Å²) in [6, 6.07) is 16.9. The molecule has 1 N–H and O–H groups in total. The van der Waals surface area contributed by atoms with Crippen molar-refractivity contribution < 1.29 is 14.3 Å². The minimum absolute atomic E-state index is 0.0114. The largest absolute Gasteiger partial charge is 0.395 e. The first-order chi connectivity index (χ1) is 13.1. The Morgan fingerprint density at radius 3 is 2.44 bits per heavy atom. The highest BCUT2D eigenvalue weighted by Crippen LogP contribution is 2.54. The van der Waals surface area contributed by atoms with Gasteiger partial charge in [-0.3, -0.25) is 9.69 Å². The molecule has 2 heterocycles. The Balaban J connectivity index is 1.65. The van der Waals surface area contributed by atoms with Gasteiger partial charge in [0.05, 0.1) is 12.1 Å². The van der Waals surface area contributed by atoms with E-state index in [1.54, 1.807) is 12.1 Å². The van der Waals surface area contributed by atoms with Crippen molar-refractivity contribution in [2.24, 2.45) is 0 Å². The third kappa shape index (κ3) is 2.86. The second-order valence-corrected chi connectivity index (χ2v) is 7.56. The number of benzene rings is 2. The first-order valence-corrected chi connectivity index (χ1v) is 9.54. The van der Waals surface area contributed by atoms with Crippen LogP contribution in [-0.2, 0) is 11.3 Å². The van der Waals surface area contributed by atoms with E-state index in [1.165, 1.54) is 11.6 Å². The molecule has 5 heteroatoms. The second kappa shape index (κ2) is 7.06. The molecule has 4 rings (SSSR count). The van der Waals surface area contributed by atoms with Crippen LogP contribution in [0.4, 0.5) is 4.39 Å². The van der Waals surface area contributed by atoms with Gasteiger partial charge in [-0.05, 0) is 11.6 Å². The van der Waals surface area contributed by atoms with Crippen LogP contribution in [0, 0.1) is 5.82 Å². The van der Waals surface area contributed by atoms with Crippen molar-refractivity contribution in [2.45, 2.75) is 37.4 Å². The lowest BCUT2D eigenvalue weighted by Crippen LogP contribution is -2.84. The summed E-state index contributed by atoms with van der Waals surface area (Å²) in [6.07, 6.45) is 0.489. The molecule has 0 aromatic heterocycles. The van der Waals surface area contributed by atoms with E-state index in [2.05, 4.69) is 17.0 Å². The fourth-order valence-electron chi connectivity index (χ4n) is 4.84. The summed E-state index contributed by atoms with van der Waals surface area (Å²) in [5.41, 5.74) is 1.56. The molecule has 27 heavy (non-hydrogen) atoms. The van der Waals surface area contributed by atoms with E-state index in [0.717, 1.165) is 0 Å². The van der Waals surface area contributed by atoms with E-state index in [9.17, 15) is 14.3 Å². The number of hydrogen-bond donors (Lipinski definition) is 1. The number of aliphatic hydroxyl groups excluding tert-OH is 1. The summed E-state index contributed by atoms with van der Waals surface area (Å²) in [5.74, 6) is 0.0513. The third-order valence-corrected chi connectivity index (χ3v) is 6.16. The van der Waals surface area contributed by atoms with E-state index in [4.69, 9.17) is 0 Å². The molecule has 0 aliphatic carbocycles. The molecule has 2 aromatic rings. The molecular weight excluding hydrogens is 343 g/mol. The number of rotatable bonds is 5. The molecule has 0 unspecified atom stereocenters. The third-order valence-electron chi connectivity index (χ3n) is 6.16. The summed E-state index contributed by atoms with van der Waals surface area (Å²) in [5, 5.41) is 10.1. The van der Waals surface area contributed by atoms with Crippen LogP contribution in [0.2, 0.25) is 0 Å². The molecule has 2 atom stereocenters. The predicted octanol–water partition coefficient (Wildman–Crippen LogP) is 2.78. The number of nitrogens with zero attached hydrogens (tertiary/aromatic N) is 2. The summed E-state index contributed by atoms with van der Waals surface area (Å²) < 4.78 is 14.2. The lowest BCUT2D eigenvalue weighted by molar-refractivity contribution is -0.200. The van der Waals surface area contributed by atoms with E-state index in [1.807, 2.05) is 36.1 Å². The molecular formula is C22H25FN2O2. The highest BCUT2D eigenvalue weighted by atomic mass is 19.1. The molecule has 2 aromatic carbocycles. The molecule has 2 saturated heterocycles. The van der Waals surface area contributed by atoms with Gasteiger partial charge >= 0.3 is 0 Å². The van der Waals surface area contributed by atoms with Gasteiger partial charge in [-0.15, -0.1) is 0 Å². The molecule has 0 saturated carbocycles. The predicted molar refractivity (Wildman–Crippen MR) is 102 cm³/mol. The highest BCUT2D eigenvalue weighted by Gasteiger charge is 2.66. The maximum atomic E-state index is 14.2. The fraction of sp³-hybridized carbons (Fsp3) is 0.409. The van der Waals surface area contributed by atoms with E-state index in [-0.39, 0.29) is 35.8 Å². The van der Waals surface area contributed by atoms with Crippen LogP contribution < -0.4 is 0 Å². The van der Waals surface area contributed by atoms with Crippen molar-refractivity contribution in [3.8, 4) is 0 Å². The zero-order valence-corrected chi connectivity index (χ0v) is 15.5. The Morgan fingerprint density at radius 1 is 1.15 bits per heavy atom. The lowest BCUT2D eigenvalue weighted by Gasteiger charge is -2.70. The van der Waals surface area contributed by atoms with E-state index in [0.29, 0.717) is 31.6 Å². The summed E-state index contributed by atoms with van der Waals surface area (Å²) >= 11 is 0. The molecule has 0 radical (unpaired) electrons. The van der Waals surface area contributed by atoms with Crippen LogP contribution in [0.25, 0.3) is 0 Å². The van der Waals surface area contributed by atoms with Gasteiger partial charge in [-0.2, -0.15) is 0 Å². The Kier molecular flexibility index (Phi) is 4.74. The number of carbonyl (C=O) groups excluding carboxylic acids is 1. The van der Waals surface area contributed by atoms with Crippen LogP contribution in [-0.4, -0.2) is 52.1 Å². The van der Waals surface area contributed by atoms with Crippen molar-refractivity contribution in [3.63, 3.8) is 0 Å². The maximum Gasteiger partial charge on any atom is 0.222 e. The monoisotopic (exact) mass is 368 g/mol. The molecule has 2 aliphatic heterocycles. The number of carbonyl (C=O) groups is 1. The van der Waals surface area contributed by atoms with Crippen molar-refractivity contribution >= 4 is 5.91 Å². The minimum atomic E-state index is -0.234. The van der Waals surface area contributed by atoms with Crippen molar-refractivity contribution in [3.05, 3.63) is 71.5 Å². The van der Waals surface area contributed by atoms with Gasteiger partial charge in [-0.1, -0.05) is 55.5 Å². The number of amides is 1. The smallest absolute Gasteiger partial charge is 0.222 e. The quantitative estimate of drug-likeness (QED) is 0.883. The normalized spacial score (nSPS) is 23.7. The van der Waals surface area contributed by atoms with E-state index >= 15 is 0 Å². The van der Waals surface area contributed by atoms with Gasteiger partial charge in [0, 0.05) is 43.6 Å². The Bertz CT molecular complexity index is 820. The molecule has 0 bridgehead atoms. The van der Waals surface area contributed by atoms with Crippen LogP contribution in [0.1, 0.15) is 30.4 Å². The summed E-state index contributed by atoms with van der Waals surface area (Å²) in [4.78, 5) is 16.2. The molecule has 4 nitrogen and oxygen atoms in total. The molecule has 2 aliphatic rings. The van der Waals surface area contributed by atoms with E-state index < -0.39 is 0 Å². The maximum absolute atomic E-state index is 14.2. The van der Waals surface area contributed by atoms with Gasteiger partial charge in [0.15, 0.2) is 0 Å². The fourth-order valence-corrected chi connectivity index (χ4v) is 4.84. The van der Waals surface area contributed by atoms with Crippen molar-refractivity contribution in [1.29, 1.82) is 0 Å². The molecule has 1 amide bonds. The number of likely N-dealkylation sites (tertiary alicyclic amines) is 2. The average molecular weight is 368 g/mol. The van der Waals surface area contributed by atoms with Gasteiger partial charge < -0.3 is 10.0 Å². The Labute approximate surface area is 159 Å². The average Bonchev–Trinajstić information content (AvgIpc) is 2.65. The van der Waals surface area contributed by atoms with Gasteiger partial charge in [-0.25, -0.2) is 4.39 Å². The Hall–Kier alpha value is -2.24. The number of halogens is 1. The standard InChI is InChI=1S/C22H25FN2O2/c1-2-20(27)24-14-22(15-24)21(16-8-4-3-5-9-16)19(13-26)25(22)12-17-10-6-7-11-18(17)23/h3-11,19,21,26H,2,12-15H2,1H3/t19-,21-/m1/s1. The van der Waals surface area contributed by atoms with Crippen LogP contribution in [0.3, 0.4) is 0 Å². The molecule has 142 valence electrons. The van der Waals surface area contributed by atoms with Gasteiger partial charge in [0.25, 0.3) is 0 Å². The highest BCUT2D eigenvalue weighted by molar-refractivity contribution is 5.77. The Morgan fingerprint density at radius 2 is 1.81 bits per heavy atom. The van der Waals surface area contributed by atoms with Gasteiger partial charge in [0.1, 0.15) is 5.82 Å². The molecule has 1 spiro atoms. The van der Waals surface area contributed by atoms with Crippen molar-refractivity contribution in [1.82, 2.24) is 9.80 Å². The van der Waals surface area contributed by atoms with Crippen LogP contribution >= 0.6 is 0 Å². The minimum Gasteiger partial charge on any atom is -0.395 e. The van der Waals surface area contributed by atoms with Crippen LogP contribution in [0.15, 0.2) is 54.6 Å². The van der Waals surface area contributed by atoms with Crippen molar-refractivity contribution in [2.75, 3.05) is 19.7 Å². The number of hydrogen-bond acceptors (Lipinski definition) is 3. The van der Waals surface area contributed by atoms with Crippen LogP contribution in [0.5, 0.6) is 0 Å². The zero-order chi connectivity index (χ0) is 19.0. The molecule has 2 fully saturated rings. The first kappa shape index (κ1) is 18.1. The topological polar surface area (TPSA) is 43.8 Å². The summed E-state index contributed by atoms with van der Waals surface area (Å²) in [7, 11) is 0. The number of aliphatic hydroxyl groups is 1. The first-order valence-electron chi connectivity index (χ1n) is 9.54. The summed E-state index contributed by atoms with van der Waals surface area (Å²) in [6.45, 7) is 3.58. The SMILES string of the molecule is CCC(=O)N1CC2(C1)[C@H](c1ccccc1)[C@@H](CO)N2Cc1ccccc1F. The zero-order valence-electron chi connectivity index (χ0n) is 15.5. The lowest BCUT2D eigenvalue weighted by atomic mass is 9.60. The van der Waals surface area contributed by atoms with Gasteiger partial charge in [0.2, 0.25) is 5.91 Å².